The number of carbonyl (C=O) groups excluding carboxylic acids is 2. The largest absolute Gasteiger partial charge is 0.350 e. The summed E-state index contributed by atoms with van der Waals surface area (Å²) >= 11 is 6.13. The van der Waals surface area contributed by atoms with E-state index in [1.807, 2.05) is 18.2 Å². The van der Waals surface area contributed by atoms with E-state index in [4.69, 9.17) is 11.6 Å². The monoisotopic (exact) mass is 481 g/mol. The van der Waals surface area contributed by atoms with E-state index in [0.29, 0.717) is 16.6 Å². The van der Waals surface area contributed by atoms with Crippen LogP contribution in [0.25, 0.3) is 5.69 Å². The van der Waals surface area contributed by atoms with Crippen LogP contribution in [0, 0.1) is 5.92 Å². The number of rotatable bonds is 9. The van der Waals surface area contributed by atoms with Gasteiger partial charge in [-0.15, -0.1) is 5.10 Å². The van der Waals surface area contributed by atoms with Crippen LogP contribution in [0.3, 0.4) is 0 Å². The van der Waals surface area contributed by atoms with Crippen molar-refractivity contribution >= 4 is 23.4 Å². The first-order chi connectivity index (χ1) is 16.5. The third-order valence-corrected chi connectivity index (χ3v) is 6.30. The molecule has 4 rings (SSSR count). The molecule has 1 saturated heterocycles. The van der Waals surface area contributed by atoms with Crippen LogP contribution in [0.4, 0.5) is 0 Å². The van der Waals surface area contributed by atoms with Crippen molar-refractivity contribution in [2.75, 3.05) is 6.54 Å². The van der Waals surface area contributed by atoms with Gasteiger partial charge in [-0.2, -0.15) is 0 Å². The minimum Gasteiger partial charge on any atom is -0.350 e. The number of benzene rings is 2. The highest BCUT2D eigenvalue weighted by Crippen LogP contribution is 2.21. The molecule has 2 amide bonds. The highest BCUT2D eigenvalue weighted by atomic mass is 35.5. The molecule has 0 saturated carbocycles. The van der Waals surface area contributed by atoms with Gasteiger partial charge in [-0.25, -0.2) is 4.68 Å². The van der Waals surface area contributed by atoms with Gasteiger partial charge in [0.05, 0.1) is 11.7 Å². The first-order valence-electron chi connectivity index (χ1n) is 11.4. The number of carbonyl (C=O) groups is 2. The Hall–Kier alpha value is -3.30. The molecule has 0 aliphatic carbocycles. The number of aryl methyl sites for hydroxylation is 1. The van der Waals surface area contributed by atoms with Gasteiger partial charge >= 0.3 is 0 Å². The molecule has 3 atom stereocenters. The Morgan fingerprint density at radius 2 is 2.06 bits per heavy atom. The zero-order valence-electron chi connectivity index (χ0n) is 18.9. The topological polar surface area (TPSA) is 114 Å². The molecule has 1 fully saturated rings. The molecule has 34 heavy (non-hydrogen) atoms. The predicted octanol–water partition coefficient (Wildman–Crippen LogP) is 2.05. The van der Waals surface area contributed by atoms with Crippen LogP contribution in [-0.4, -0.2) is 50.7 Å². The zero-order valence-corrected chi connectivity index (χ0v) is 19.7. The summed E-state index contributed by atoms with van der Waals surface area (Å²) in [6, 6.07) is 14.7. The van der Waals surface area contributed by atoms with Gasteiger partial charge in [0.25, 0.3) is 0 Å². The minimum atomic E-state index is -0.673. The molecule has 3 N–H and O–H groups in total. The molecule has 1 aliphatic heterocycles. The van der Waals surface area contributed by atoms with Crippen LogP contribution < -0.4 is 16.0 Å². The molecule has 178 valence electrons. The minimum absolute atomic E-state index is 0.151. The summed E-state index contributed by atoms with van der Waals surface area (Å²) in [7, 11) is 0. The summed E-state index contributed by atoms with van der Waals surface area (Å²) in [5, 5.41) is 20.7. The molecule has 10 heteroatoms. The Morgan fingerprint density at radius 1 is 1.24 bits per heavy atom. The Morgan fingerprint density at radius 3 is 2.82 bits per heavy atom. The highest BCUT2D eigenvalue weighted by Gasteiger charge is 2.30. The fourth-order valence-electron chi connectivity index (χ4n) is 4.15. The lowest BCUT2D eigenvalue weighted by Gasteiger charge is -2.18. The van der Waals surface area contributed by atoms with Crippen LogP contribution in [0.2, 0.25) is 5.02 Å². The lowest BCUT2D eigenvalue weighted by Crippen LogP contribution is -2.50. The Bertz CT molecular complexity index is 1110. The smallest absolute Gasteiger partial charge is 0.242 e. The Labute approximate surface area is 203 Å². The first-order valence-corrected chi connectivity index (χ1v) is 11.7. The molecule has 1 aromatic heterocycles. The Kier molecular flexibility index (Phi) is 7.87. The van der Waals surface area contributed by atoms with Gasteiger partial charge in [0, 0.05) is 11.6 Å². The molecular formula is C24H28ClN7O2. The fraction of sp³-hybridized carbons (Fsp3) is 0.375. The molecule has 0 bridgehead atoms. The molecule has 0 radical (unpaired) electrons. The number of hydrogen-bond donors (Lipinski definition) is 3. The van der Waals surface area contributed by atoms with Crippen LogP contribution in [0.5, 0.6) is 0 Å². The number of amides is 2. The second kappa shape index (κ2) is 11.2. The van der Waals surface area contributed by atoms with Crippen molar-refractivity contribution in [2.24, 2.45) is 5.92 Å². The van der Waals surface area contributed by atoms with E-state index in [2.05, 4.69) is 43.6 Å². The number of halogens is 1. The van der Waals surface area contributed by atoms with E-state index in [-0.39, 0.29) is 24.4 Å². The van der Waals surface area contributed by atoms with Gasteiger partial charge in [-0.1, -0.05) is 41.9 Å². The third kappa shape index (κ3) is 6.18. The van der Waals surface area contributed by atoms with E-state index in [0.717, 1.165) is 31.4 Å². The molecular weight excluding hydrogens is 454 g/mol. The van der Waals surface area contributed by atoms with Crippen LogP contribution in [0.15, 0.2) is 54.9 Å². The number of nitrogens with one attached hydrogen (secondary N) is 3. The van der Waals surface area contributed by atoms with Crippen molar-refractivity contribution < 1.29 is 9.59 Å². The molecule has 9 nitrogen and oxygen atoms in total. The number of nitrogens with zero attached hydrogens (tertiary/aromatic N) is 4. The summed E-state index contributed by atoms with van der Waals surface area (Å²) < 4.78 is 1.50. The van der Waals surface area contributed by atoms with Crippen molar-refractivity contribution in [1.29, 1.82) is 0 Å². The number of tetrazole rings is 1. The van der Waals surface area contributed by atoms with Crippen molar-refractivity contribution in [3.8, 4) is 5.69 Å². The maximum atomic E-state index is 12.7. The van der Waals surface area contributed by atoms with E-state index >= 15 is 0 Å². The lowest BCUT2D eigenvalue weighted by atomic mass is 9.96. The van der Waals surface area contributed by atoms with Gasteiger partial charge < -0.3 is 16.0 Å². The van der Waals surface area contributed by atoms with Crippen molar-refractivity contribution in [1.82, 2.24) is 36.2 Å². The van der Waals surface area contributed by atoms with Gasteiger partial charge in [0.2, 0.25) is 11.8 Å². The van der Waals surface area contributed by atoms with E-state index in [1.165, 1.54) is 16.6 Å². The van der Waals surface area contributed by atoms with E-state index < -0.39 is 6.04 Å². The maximum absolute atomic E-state index is 12.7. The second-order valence-electron chi connectivity index (χ2n) is 8.56. The van der Waals surface area contributed by atoms with E-state index in [1.54, 1.807) is 25.1 Å². The third-order valence-electron chi connectivity index (χ3n) is 6.07. The molecule has 2 aromatic carbocycles. The number of hydrogen-bond acceptors (Lipinski definition) is 6. The van der Waals surface area contributed by atoms with Crippen molar-refractivity contribution in [3.05, 3.63) is 71.0 Å². The summed E-state index contributed by atoms with van der Waals surface area (Å²) in [6.07, 6.45) is 4.26. The molecule has 0 unspecified atom stereocenters. The van der Waals surface area contributed by atoms with E-state index in [9.17, 15) is 9.59 Å². The standard InChI is InChI=1S/C24H28ClN7O2/c1-16(23(33)27-14-19-12-20(25)9-10-22(19)32-15-28-30-31-32)29-24(34)21-11-18(13-26-21)8-7-17-5-3-2-4-6-17/h2-6,9-10,12,15-16,18,21,26H,7-8,11,13-14H2,1H3,(H,27,33)(H,29,34)/t16-,18-,21+/m0/s1. The molecule has 1 aliphatic rings. The summed E-state index contributed by atoms with van der Waals surface area (Å²) in [5.41, 5.74) is 2.78. The van der Waals surface area contributed by atoms with Crippen molar-refractivity contribution in [3.63, 3.8) is 0 Å². The van der Waals surface area contributed by atoms with Crippen LogP contribution in [-0.2, 0) is 22.6 Å². The van der Waals surface area contributed by atoms with Gasteiger partial charge in [-0.05, 0) is 78.4 Å². The molecule has 2 heterocycles. The first kappa shape index (κ1) is 23.8. The normalized spacial score (nSPS) is 18.4. The lowest BCUT2D eigenvalue weighted by molar-refractivity contribution is -0.129. The highest BCUT2D eigenvalue weighted by molar-refractivity contribution is 6.30. The average Bonchev–Trinajstić information content (AvgIpc) is 3.54. The second-order valence-corrected chi connectivity index (χ2v) is 9.00. The number of aromatic nitrogens is 4. The Balaban J connectivity index is 1.25. The summed E-state index contributed by atoms with van der Waals surface area (Å²) in [4.78, 5) is 25.4. The van der Waals surface area contributed by atoms with Gasteiger partial charge in [-0.3, -0.25) is 9.59 Å². The summed E-state index contributed by atoms with van der Waals surface area (Å²) in [5.74, 6) is 0.00391. The zero-order chi connectivity index (χ0) is 23.9. The van der Waals surface area contributed by atoms with Gasteiger partial charge in [0.15, 0.2) is 0 Å². The van der Waals surface area contributed by atoms with Crippen LogP contribution >= 0.6 is 11.6 Å². The average molecular weight is 482 g/mol. The van der Waals surface area contributed by atoms with Crippen LogP contribution in [0.1, 0.15) is 30.9 Å². The predicted molar refractivity (Wildman–Crippen MR) is 128 cm³/mol. The maximum Gasteiger partial charge on any atom is 0.242 e. The van der Waals surface area contributed by atoms with Gasteiger partial charge in [0.1, 0.15) is 12.4 Å². The molecule has 0 spiro atoms. The molecule has 3 aromatic rings. The SMILES string of the molecule is C[C@H](NC(=O)[C@H]1C[C@H](CCc2ccccc2)CN1)C(=O)NCc1cc(Cl)ccc1-n1cnnn1. The quantitative estimate of drug-likeness (QED) is 0.431. The fourth-order valence-corrected chi connectivity index (χ4v) is 4.34. The van der Waals surface area contributed by atoms with Crippen molar-refractivity contribution in [2.45, 2.75) is 44.8 Å². The summed E-state index contributed by atoms with van der Waals surface area (Å²) in [6.45, 7) is 2.70.